The van der Waals surface area contributed by atoms with Crippen molar-refractivity contribution in [3.8, 4) is 0 Å². The number of amides is 3. The molecule has 1 atom stereocenters. The van der Waals surface area contributed by atoms with E-state index in [1.54, 1.807) is 29.2 Å². The quantitative estimate of drug-likeness (QED) is 0.627. The Kier molecular flexibility index (Phi) is 6.03. The Morgan fingerprint density at radius 2 is 1.59 bits per heavy atom. The van der Waals surface area contributed by atoms with Crippen molar-refractivity contribution in [2.75, 3.05) is 22.1 Å². The SMILES string of the molecule is Cc1ccc(NC(=O)C2CC(=O)N(c3cccc(C(=O)Nc4cccc(C)c4)c3)C2)cc1. The number of aryl methyl sites for hydroxylation is 2. The van der Waals surface area contributed by atoms with Crippen LogP contribution in [0.15, 0.2) is 72.8 Å². The largest absolute Gasteiger partial charge is 0.326 e. The summed E-state index contributed by atoms with van der Waals surface area (Å²) in [6.07, 6.45) is 0.136. The zero-order chi connectivity index (χ0) is 22.7. The van der Waals surface area contributed by atoms with Crippen LogP contribution in [0.1, 0.15) is 27.9 Å². The maximum absolute atomic E-state index is 12.7. The van der Waals surface area contributed by atoms with E-state index in [0.29, 0.717) is 22.6 Å². The minimum atomic E-state index is -0.450. The van der Waals surface area contributed by atoms with Gasteiger partial charge in [0.2, 0.25) is 11.8 Å². The average molecular weight is 428 g/mol. The van der Waals surface area contributed by atoms with Crippen LogP contribution in [-0.4, -0.2) is 24.3 Å². The molecule has 1 aliphatic heterocycles. The first-order chi connectivity index (χ1) is 15.4. The normalized spacial score (nSPS) is 15.5. The molecule has 0 radical (unpaired) electrons. The summed E-state index contributed by atoms with van der Waals surface area (Å²) in [5.74, 6) is -1.02. The monoisotopic (exact) mass is 427 g/mol. The standard InChI is InChI=1S/C26H25N3O3/c1-17-9-11-21(12-10-17)27-26(32)20-15-24(30)29(16-20)23-8-4-6-19(14-23)25(31)28-22-7-3-5-18(2)13-22/h3-14,20H,15-16H2,1-2H3,(H,27,32)(H,28,31). The number of carbonyl (C=O) groups is 3. The first-order valence-electron chi connectivity index (χ1n) is 10.5. The van der Waals surface area contributed by atoms with Gasteiger partial charge < -0.3 is 15.5 Å². The number of rotatable bonds is 5. The second-order valence-electron chi connectivity index (χ2n) is 8.13. The molecule has 32 heavy (non-hydrogen) atoms. The summed E-state index contributed by atoms with van der Waals surface area (Å²) >= 11 is 0. The van der Waals surface area contributed by atoms with E-state index in [4.69, 9.17) is 0 Å². The molecule has 2 N–H and O–H groups in total. The molecule has 6 heteroatoms. The number of carbonyl (C=O) groups excluding carboxylic acids is 3. The van der Waals surface area contributed by atoms with Crippen molar-refractivity contribution in [1.29, 1.82) is 0 Å². The molecule has 162 valence electrons. The summed E-state index contributed by atoms with van der Waals surface area (Å²) in [5.41, 5.74) is 4.64. The van der Waals surface area contributed by atoms with Crippen LogP contribution in [0.5, 0.6) is 0 Å². The number of hydrogen-bond donors (Lipinski definition) is 2. The number of anilines is 3. The van der Waals surface area contributed by atoms with E-state index in [2.05, 4.69) is 10.6 Å². The van der Waals surface area contributed by atoms with Crippen molar-refractivity contribution >= 4 is 34.8 Å². The smallest absolute Gasteiger partial charge is 0.255 e. The lowest BCUT2D eigenvalue weighted by Gasteiger charge is -2.18. The number of nitrogens with zero attached hydrogens (tertiary/aromatic N) is 1. The molecule has 0 aromatic heterocycles. The second-order valence-corrected chi connectivity index (χ2v) is 8.13. The Hall–Kier alpha value is -3.93. The van der Waals surface area contributed by atoms with Crippen molar-refractivity contribution in [3.63, 3.8) is 0 Å². The summed E-state index contributed by atoms with van der Waals surface area (Å²) in [6.45, 7) is 4.22. The van der Waals surface area contributed by atoms with Crippen LogP contribution in [0.2, 0.25) is 0 Å². The summed E-state index contributed by atoms with van der Waals surface area (Å²) in [6, 6.07) is 22.0. The first kappa shape index (κ1) is 21.3. The van der Waals surface area contributed by atoms with Gasteiger partial charge in [0.25, 0.3) is 5.91 Å². The van der Waals surface area contributed by atoms with E-state index in [9.17, 15) is 14.4 Å². The highest BCUT2D eigenvalue weighted by Crippen LogP contribution is 2.27. The summed E-state index contributed by atoms with van der Waals surface area (Å²) in [4.78, 5) is 39.6. The second kappa shape index (κ2) is 9.06. The third-order valence-corrected chi connectivity index (χ3v) is 5.51. The van der Waals surface area contributed by atoms with Gasteiger partial charge in [-0.05, 0) is 61.9 Å². The van der Waals surface area contributed by atoms with E-state index in [1.807, 2.05) is 62.4 Å². The van der Waals surface area contributed by atoms with E-state index in [1.165, 1.54) is 0 Å². The molecule has 6 nitrogen and oxygen atoms in total. The molecule has 0 aliphatic carbocycles. The molecule has 1 aliphatic rings. The Morgan fingerprint density at radius 3 is 2.34 bits per heavy atom. The number of nitrogens with one attached hydrogen (secondary N) is 2. The zero-order valence-electron chi connectivity index (χ0n) is 18.1. The van der Waals surface area contributed by atoms with Crippen LogP contribution in [0, 0.1) is 19.8 Å². The van der Waals surface area contributed by atoms with Crippen LogP contribution in [0.25, 0.3) is 0 Å². The fourth-order valence-electron chi connectivity index (χ4n) is 3.76. The van der Waals surface area contributed by atoms with Crippen LogP contribution in [0.3, 0.4) is 0 Å². The fraction of sp³-hybridized carbons (Fsp3) is 0.192. The van der Waals surface area contributed by atoms with E-state index >= 15 is 0 Å². The van der Waals surface area contributed by atoms with Crippen LogP contribution in [0.4, 0.5) is 17.1 Å². The third kappa shape index (κ3) is 4.86. The molecule has 3 aromatic carbocycles. The van der Waals surface area contributed by atoms with Crippen molar-refractivity contribution in [2.45, 2.75) is 20.3 Å². The molecule has 0 spiro atoms. The van der Waals surface area contributed by atoms with Gasteiger partial charge in [-0.1, -0.05) is 35.9 Å². The van der Waals surface area contributed by atoms with E-state index < -0.39 is 5.92 Å². The van der Waals surface area contributed by atoms with Gasteiger partial charge in [-0.15, -0.1) is 0 Å². The van der Waals surface area contributed by atoms with Crippen LogP contribution >= 0.6 is 0 Å². The number of benzene rings is 3. The molecule has 3 aromatic rings. The first-order valence-corrected chi connectivity index (χ1v) is 10.5. The van der Waals surface area contributed by atoms with Gasteiger partial charge in [0, 0.05) is 35.6 Å². The molecule has 3 amide bonds. The highest BCUT2D eigenvalue weighted by molar-refractivity contribution is 6.07. The van der Waals surface area contributed by atoms with Gasteiger partial charge >= 0.3 is 0 Å². The van der Waals surface area contributed by atoms with Gasteiger partial charge in [0.05, 0.1) is 5.92 Å². The molecule has 4 rings (SSSR count). The fourth-order valence-corrected chi connectivity index (χ4v) is 3.76. The van der Waals surface area contributed by atoms with Crippen LogP contribution < -0.4 is 15.5 Å². The molecular weight excluding hydrogens is 402 g/mol. The summed E-state index contributed by atoms with van der Waals surface area (Å²) in [5, 5.41) is 5.76. The lowest BCUT2D eigenvalue weighted by molar-refractivity contribution is -0.122. The molecule has 1 saturated heterocycles. The topological polar surface area (TPSA) is 78.5 Å². The Morgan fingerprint density at radius 1 is 0.844 bits per heavy atom. The van der Waals surface area contributed by atoms with Gasteiger partial charge in [-0.3, -0.25) is 14.4 Å². The minimum Gasteiger partial charge on any atom is -0.326 e. The van der Waals surface area contributed by atoms with Crippen molar-refractivity contribution in [3.05, 3.63) is 89.5 Å². The van der Waals surface area contributed by atoms with E-state index in [0.717, 1.165) is 11.1 Å². The predicted molar refractivity (Wildman–Crippen MR) is 126 cm³/mol. The van der Waals surface area contributed by atoms with Crippen molar-refractivity contribution in [1.82, 2.24) is 0 Å². The highest BCUT2D eigenvalue weighted by Gasteiger charge is 2.35. The van der Waals surface area contributed by atoms with E-state index in [-0.39, 0.29) is 30.7 Å². The molecule has 1 unspecified atom stereocenters. The average Bonchev–Trinajstić information content (AvgIpc) is 3.17. The number of hydrogen-bond acceptors (Lipinski definition) is 3. The molecule has 1 heterocycles. The zero-order valence-corrected chi connectivity index (χ0v) is 18.1. The molecule has 1 fully saturated rings. The Labute approximate surface area is 187 Å². The third-order valence-electron chi connectivity index (χ3n) is 5.51. The molecule has 0 saturated carbocycles. The van der Waals surface area contributed by atoms with Crippen molar-refractivity contribution < 1.29 is 14.4 Å². The van der Waals surface area contributed by atoms with Gasteiger partial charge in [-0.2, -0.15) is 0 Å². The van der Waals surface area contributed by atoms with Gasteiger partial charge in [-0.25, -0.2) is 0 Å². The Bertz CT molecular complexity index is 1170. The summed E-state index contributed by atoms with van der Waals surface area (Å²) < 4.78 is 0. The van der Waals surface area contributed by atoms with Crippen LogP contribution in [-0.2, 0) is 9.59 Å². The highest BCUT2D eigenvalue weighted by atomic mass is 16.2. The Balaban J connectivity index is 1.44. The van der Waals surface area contributed by atoms with Crippen molar-refractivity contribution in [2.24, 2.45) is 5.92 Å². The predicted octanol–water partition coefficient (Wildman–Crippen LogP) is 4.55. The van der Waals surface area contributed by atoms with Gasteiger partial charge in [0.15, 0.2) is 0 Å². The molecular formula is C26H25N3O3. The maximum atomic E-state index is 12.7. The minimum absolute atomic E-state index is 0.134. The van der Waals surface area contributed by atoms with Gasteiger partial charge in [0.1, 0.15) is 0 Å². The maximum Gasteiger partial charge on any atom is 0.255 e. The lowest BCUT2D eigenvalue weighted by atomic mass is 10.1. The lowest BCUT2D eigenvalue weighted by Crippen LogP contribution is -2.28. The molecule has 0 bridgehead atoms. The summed E-state index contributed by atoms with van der Waals surface area (Å²) in [7, 11) is 0.